The van der Waals surface area contributed by atoms with Crippen LogP contribution in [0.3, 0.4) is 0 Å². The maximum atomic E-state index is 6.67. The van der Waals surface area contributed by atoms with Crippen LogP contribution in [0.4, 0.5) is 0 Å². The zero-order valence-corrected chi connectivity index (χ0v) is 7.98. The zero-order valence-electron chi connectivity index (χ0n) is 5.64. The predicted octanol–water partition coefficient (Wildman–Crippen LogP) is 3.52. The number of hydrogen-bond donors (Lipinski definition) is 0. The minimum atomic E-state index is 0.376. The summed E-state index contributed by atoms with van der Waals surface area (Å²) in [7, 11) is 0. The molecular formula is C8H5BrClN. The summed E-state index contributed by atoms with van der Waals surface area (Å²) in [5.41, 5.74) is 0.938. The fraction of sp³-hybridized carbons (Fsp3) is 0.125. The SMILES string of the molecule is [C-]#[N+]Cc1cccc(Cl)c1Br. The third-order valence-electron chi connectivity index (χ3n) is 1.28. The van der Waals surface area contributed by atoms with Crippen molar-refractivity contribution in [2.45, 2.75) is 6.54 Å². The van der Waals surface area contributed by atoms with Crippen molar-refractivity contribution in [1.29, 1.82) is 0 Å². The second kappa shape index (κ2) is 3.75. The van der Waals surface area contributed by atoms with Crippen molar-refractivity contribution in [2.24, 2.45) is 0 Å². The average molecular weight is 230 g/mol. The summed E-state index contributed by atoms with van der Waals surface area (Å²) in [6, 6.07) is 5.51. The van der Waals surface area contributed by atoms with Crippen LogP contribution in [-0.4, -0.2) is 0 Å². The molecule has 0 saturated heterocycles. The number of rotatable bonds is 1. The van der Waals surface area contributed by atoms with Crippen molar-refractivity contribution < 1.29 is 0 Å². The van der Waals surface area contributed by atoms with E-state index in [0.29, 0.717) is 11.6 Å². The highest BCUT2D eigenvalue weighted by atomic mass is 79.9. The molecule has 1 rings (SSSR count). The number of hydrogen-bond acceptors (Lipinski definition) is 0. The molecule has 0 aliphatic heterocycles. The van der Waals surface area contributed by atoms with Crippen LogP contribution in [-0.2, 0) is 6.54 Å². The molecule has 0 aromatic heterocycles. The second-order valence-electron chi connectivity index (χ2n) is 2.03. The van der Waals surface area contributed by atoms with Crippen molar-refractivity contribution in [1.82, 2.24) is 0 Å². The lowest BCUT2D eigenvalue weighted by molar-refractivity contribution is 1.25. The van der Waals surface area contributed by atoms with Gasteiger partial charge >= 0.3 is 0 Å². The van der Waals surface area contributed by atoms with Crippen LogP contribution in [0.25, 0.3) is 4.85 Å². The molecule has 11 heavy (non-hydrogen) atoms. The summed E-state index contributed by atoms with van der Waals surface area (Å²) in [6.45, 7) is 7.04. The fourth-order valence-electron chi connectivity index (χ4n) is 0.756. The average Bonchev–Trinajstić information content (AvgIpc) is 1.99. The number of benzene rings is 1. The van der Waals surface area contributed by atoms with Crippen LogP contribution in [0.1, 0.15) is 5.56 Å². The lowest BCUT2D eigenvalue weighted by Gasteiger charge is -1.97. The van der Waals surface area contributed by atoms with Crippen LogP contribution in [0.5, 0.6) is 0 Å². The van der Waals surface area contributed by atoms with Gasteiger partial charge in [0, 0.05) is 10.0 Å². The van der Waals surface area contributed by atoms with E-state index in [0.717, 1.165) is 10.0 Å². The first-order chi connectivity index (χ1) is 5.25. The Hall–Kier alpha value is -0.520. The summed E-state index contributed by atoms with van der Waals surface area (Å²) in [6.07, 6.45) is 0. The van der Waals surface area contributed by atoms with E-state index in [1.165, 1.54) is 0 Å². The molecule has 0 aliphatic rings. The largest absolute Gasteiger partial charge is 0.312 e. The fourth-order valence-corrected chi connectivity index (χ4v) is 1.34. The number of nitrogens with zero attached hydrogens (tertiary/aromatic N) is 1. The smallest absolute Gasteiger partial charge is 0.240 e. The highest BCUT2D eigenvalue weighted by Crippen LogP contribution is 2.26. The Morgan fingerprint density at radius 2 is 2.27 bits per heavy atom. The first-order valence-corrected chi connectivity index (χ1v) is 4.19. The molecule has 0 N–H and O–H groups in total. The van der Waals surface area contributed by atoms with Crippen molar-refractivity contribution in [2.75, 3.05) is 0 Å². The van der Waals surface area contributed by atoms with Gasteiger partial charge in [0.15, 0.2) is 0 Å². The maximum absolute atomic E-state index is 6.67. The van der Waals surface area contributed by atoms with Crippen molar-refractivity contribution in [3.63, 3.8) is 0 Å². The Morgan fingerprint density at radius 3 is 2.91 bits per heavy atom. The van der Waals surface area contributed by atoms with Crippen molar-refractivity contribution in [3.8, 4) is 0 Å². The van der Waals surface area contributed by atoms with E-state index in [1.807, 2.05) is 12.1 Å². The maximum Gasteiger partial charge on any atom is 0.240 e. The van der Waals surface area contributed by atoms with Crippen LogP contribution in [0.2, 0.25) is 5.02 Å². The van der Waals surface area contributed by atoms with Crippen LogP contribution < -0.4 is 0 Å². The molecule has 1 nitrogen and oxygen atoms in total. The van der Waals surface area contributed by atoms with Gasteiger partial charge in [-0.25, -0.2) is 6.57 Å². The summed E-state index contributed by atoms with van der Waals surface area (Å²) in [4.78, 5) is 3.27. The first-order valence-electron chi connectivity index (χ1n) is 3.02. The van der Waals surface area contributed by atoms with Gasteiger partial charge in [0.2, 0.25) is 6.54 Å². The van der Waals surface area contributed by atoms with Crippen molar-refractivity contribution in [3.05, 3.63) is 44.7 Å². The molecule has 0 unspecified atom stereocenters. The van der Waals surface area contributed by atoms with Crippen LogP contribution in [0, 0.1) is 6.57 Å². The predicted molar refractivity (Wildman–Crippen MR) is 49.5 cm³/mol. The molecule has 0 atom stereocenters. The minimum absolute atomic E-state index is 0.376. The first kappa shape index (κ1) is 8.58. The van der Waals surface area contributed by atoms with Crippen LogP contribution in [0.15, 0.2) is 22.7 Å². The zero-order chi connectivity index (χ0) is 8.27. The van der Waals surface area contributed by atoms with E-state index in [1.54, 1.807) is 6.07 Å². The van der Waals surface area contributed by atoms with E-state index in [2.05, 4.69) is 20.8 Å². The Labute approximate surface area is 78.9 Å². The van der Waals surface area contributed by atoms with E-state index in [-0.39, 0.29) is 0 Å². The lowest BCUT2D eigenvalue weighted by atomic mass is 10.2. The molecule has 0 bridgehead atoms. The van der Waals surface area contributed by atoms with E-state index >= 15 is 0 Å². The van der Waals surface area contributed by atoms with Gasteiger partial charge in [0.05, 0.1) is 5.02 Å². The van der Waals surface area contributed by atoms with Gasteiger partial charge in [0.1, 0.15) is 0 Å². The summed E-state index contributed by atoms with van der Waals surface area (Å²) in [5.74, 6) is 0. The number of halogens is 2. The molecule has 0 fully saturated rings. The molecule has 3 heteroatoms. The molecule has 0 radical (unpaired) electrons. The van der Waals surface area contributed by atoms with Crippen molar-refractivity contribution >= 4 is 27.5 Å². The van der Waals surface area contributed by atoms with Gasteiger partial charge in [-0.1, -0.05) is 23.7 Å². The molecule has 56 valence electrons. The monoisotopic (exact) mass is 229 g/mol. The molecule has 0 aliphatic carbocycles. The lowest BCUT2D eigenvalue weighted by Crippen LogP contribution is -1.81. The van der Waals surface area contributed by atoms with Gasteiger partial charge in [-0.15, -0.1) is 0 Å². The van der Waals surface area contributed by atoms with Gasteiger partial charge < -0.3 is 4.85 Å². The Bertz CT molecular complexity index is 303. The summed E-state index contributed by atoms with van der Waals surface area (Å²) >= 11 is 9.11. The van der Waals surface area contributed by atoms with Gasteiger partial charge in [0.25, 0.3) is 0 Å². The Kier molecular flexibility index (Phi) is 2.92. The summed E-state index contributed by atoms with van der Waals surface area (Å²) < 4.78 is 0.831. The highest BCUT2D eigenvalue weighted by Gasteiger charge is 2.04. The van der Waals surface area contributed by atoms with Gasteiger partial charge in [-0.05, 0) is 22.0 Å². The second-order valence-corrected chi connectivity index (χ2v) is 3.23. The van der Waals surface area contributed by atoms with E-state index in [9.17, 15) is 0 Å². The molecule has 1 aromatic carbocycles. The van der Waals surface area contributed by atoms with Crippen LogP contribution >= 0.6 is 27.5 Å². The highest BCUT2D eigenvalue weighted by molar-refractivity contribution is 9.10. The topological polar surface area (TPSA) is 4.36 Å². The molecule has 0 saturated carbocycles. The molecule has 1 aromatic rings. The molecule has 0 spiro atoms. The third-order valence-corrected chi connectivity index (χ3v) is 2.76. The normalized spacial score (nSPS) is 9.18. The Morgan fingerprint density at radius 1 is 1.55 bits per heavy atom. The summed E-state index contributed by atoms with van der Waals surface area (Å²) in [5, 5.41) is 0.658. The van der Waals surface area contributed by atoms with E-state index < -0.39 is 0 Å². The molecule has 0 amide bonds. The Balaban J connectivity index is 3.08. The minimum Gasteiger partial charge on any atom is -0.312 e. The standard InChI is InChI=1S/C8H5BrClN/c1-11-5-6-3-2-4-7(10)8(6)9/h2-4H,5H2. The quantitative estimate of drug-likeness (QED) is 0.650. The van der Waals surface area contributed by atoms with Gasteiger partial charge in [-0.3, -0.25) is 0 Å². The molecule has 0 heterocycles. The third kappa shape index (κ3) is 1.95. The molecular weight excluding hydrogens is 225 g/mol. The van der Waals surface area contributed by atoms with Gasteiger partial charge in [-0.2, -0.15) is 0 Å². The van der Waals surface area contributed by atoms with E-state index in [4.69, 9.17) is 18.2 Å².